The summed E-state index contributed by atoms with van der Waals surface area (Å²) in [5.74, 6) is -0.305. The number of fused-ring (bicyclic) bond motifs is 3. The van der Waals surface area contributed by atoms with E-state index in [1.807, 2.05) is 4.90 Å². The number of aromatic nitrogens is 5. The summed E-state index contributed by atoms with van der Waals surface area (Å²) in [4.78, 5) is 30.2. The van der Waals surface area contributed by atoms with Crippen molar-refractivity contribution in [3.8, 4) is 17.3 Å². The largest absolute Gasteiger partial charge is 0.461 e. The number of hydrogen-bond acceptors (Lipinski definition) is 9. The molecule has 0 bridgehead atoms. The molecule has 3 fully saturated rings. The van der Waals surface area contributed by atoms with Crippen molar-refractivity contribution < 1.29 is 23.0 Å². The van der Waals surface area contributed by atoms with E-state index in [1.165, 1.54) is 6.20 Å². The minimum atomic E-state index is -1.28. The van der Waals surface area contributed by atoms with E-state index in [0.717, 1.165) is 38.8 Å². The van der Waals surface area contributed by atoms with Crippen LogP contribution in [0.15, 0.2) is 24.5 Å². The lowest BCUT2D eigenvalue weighted by Gasteiger charge is -2.36. The first-order valence-electron chi connectivity index (χ1n) is 15.0. The second kappa shape index (κ2) is 11.6. The average molecular weight is 627 g/mol. The Hall–Kier alpha value is -3.84. The van der Waals surface area contributed by atoms with Crippen LogP contribution in [0.4, 0.5) is 19.4 Å². The smallest absolute Gasteiger partial charge is 0.407 e. The number of benzene rings is 1. The summed E-state index contributed by atoms with van der Waals surface area (Å²) < 4.78 is 42.8. The van der Waals surface area contributed by atoms with Gasteiger partial charge >= 0.3 is 12.1 Å². The predicted octanol–water partition coefficient (Wildman–Crippen LogP) is 5.03. The van der Waals surface area contributed by atoms with Crippen LogP contribution in [0.2, 0.25) is 5.02 Å². The van der Waals surface area contributed by atoms with Gasteiger partial charge < -0.3 is 19.7 Å². The van der Waals surface area contributed by atoms with E-state index in [9.17, 15) is 9.18 Å². The van der Waals surface area contributed by atoms with Gasteiger partial charge in [-0.25, -0.2) is 13.6 Å². The first-order chi connectivity index (χ1) is 21.3. The van der Waals surface area contributed by atoms with Gasteiger partial charge in [-0.05, 0) is 64.3 Å². The Bertz CT molecular complexity index is 1710. The van der Waals surface area contributed by atoms with Gasteiger partial charge in [-0.1, -0.05) is 11.6 Å². The highest BCUT2D eigenvalue weighted by molar-refractivity contribution is 6.31. The van der Waals surface area contributed by atoms with Crippen molar-refractivity contribution in [2.75, 3.05) is 44.3 Å². The Kier molecular flexibility index (Phi) is 7.61. The molecule has 1 aromatic carbocycles. The minimum Gasteiger partial charge on any atom is -0.461 e. The molecule has 44 heavy (non-hydrogen) atoms. The Balaban J connectivity index is 1.30. The highest BCUT2D eigenvalue weighted by Crippen LogP contribution is 2.40. The van der Waals surface area contributed by atoms with Crippen molar-refractivity contribution in [1.82, 2.24) is 35.4 Å². The third-order valence-electron chi connectivity index (χ3n) is 9.11. The molecule has 2 unspecified atom stereocenters. The molecule has 2 N–H and O–H groups in total. The zero-order valence-electron chi connectivity index (χ0n) is 24.3. The topological polar surface area (TPSA) is 121 Å². The lowest BCUT2D eigenvalue weighted by molar-refractivity contribution is 0.107. The van der Waals surface area contributed by atoms with Crippen molar-refractivity contribution in [1.29, 1.82) is 0 Å². The summed E-state index contributed by atoms with van der Waals surface area (Å²) in [6, 6.07) is 2.54. The molecule has 2 atom stereocenters. The minimum absolute atomic E-state index is 0.0242. The second-order valence-electron chi connectivity index (χ2n) is 11.7. The summed E-state index contributed by atoms with van der Waals surface area (Å²) in [6.45, 7) is 4.69. The number of pyridine rings is 1. The summed E-state index contributed by atoms with van der Waals surface area (Å²) in [5.41, 5.74) is 1.12. The third kappa shape index (κ3) is 5.15. The fourth-order valence-corrected chi connectivity index (χ4v) is 7.18. The van der Waals surface area contributed by atoms with Crippen molar-refractivity contribution in [3.05, 3.63) is 35.4 Å². The van der Waals surface area contributed by atoms with Gasteiger partial charge in [0.1, 0.15) is 29.8 Å². The summed E-state index contributed by atoms with van der Waals surface area (Å²) in [7, 11) is 0. The molecule has 0 radical (unpaired) electrons. The maximum Gasteiger partial charge on any atom is 0.407 e. The Morgan fingerprint density at radius 3 is 2.80 bits per heavy atom. The number of nitrogens with zero attached hydrogens (tertiary/aromatic N) is 6. The number of carbonyl (C=O) groups excluding carboxylic acids is 1. The maximum atomic E-state index is 16.6. The second-order valence-corrected chi connectivity index (χ2v) is 12.2. The lowest BCUT2D eigenvalue weighted by Crippen LogP contribution is -2.54. The Morgan fingerprint density at radius 2 is 2.00 bits per heavy atom. The highest BCUT2D eigenvalue weighted by atomic mass is 35.5. The number of nitrogens with one attached hydrogen (secondary N) is 2. The van der Waals surface area contributed by atoms with Gasteiger partial charge in [0.15, 0.2) is 5.82 Å². The number of H-pyrrole nitrogens is 1. The number of hydrogen-bond donors (Lipinski definition) is 2. The van der Waals surface area contributed by atoms with Crippen LogP contribution < -0.4 is 15.0 Å². The van der Waals surface area contributed by atoms with Gasteiger partial charge in [0, 0.05) is 35.3 Å². The van der Waals surface area contributed by atoms with Crippen LogP contribution in [0.1, 0.15) is 39.0 Å². The fraction of sp³-hybridized carbons (Fsp3) is 0.500. The van der Waals surface area contributed by atoms with Gasteiger partial charge in [-0.3, -0.25) is 15.0 Å². The van der Waals surface area contributed by atoms with E-state index in [0.29, 0.717) is 45.8 Å². The number of alkyl carbamates (subject to hydrolysis) is 1. The number of alkyl halides is 1. The number of rotatable bonds is 7. The molecule has 3 aromatic heterocycles. The number of carbonyl (C=O) groups is 1. The molecule has 3 saturated heterocycles. The first kappa shape index (κ1) is 28.9. The molecule has 0 aliphatic carbocycles. The van der Waals surface area contributed by atoms with Crippen LogP contribution in [0, 0.1) is 5.82 Å². The SMILES string of the molecule is CCOC(=O)NC1CN(c2nc(OCC34CCCN3CCC4)nc3c(F)c(-c4cc(Cl)cc5[nH]ncc45)ncc23)CCC1F. The van der Waals surface area contributed by atoms with E-state index in [1.54, 1.807) is 25.3 Å². The third-order valence-corrected chi connectivity index (χ3v) is 9.33. The molecule has 0 saturated carbocycles. The van der Waals surface area contributed by atoms with Crippen LogP contribution in [-0.4, -0.2) is 93.3 Å². The van der Waals surface area contributed by atoms with Gasteiger partial charge in [0.25, 0.3) is 0 Å². The summed E-state index contributed by atoms with van der Waals surface area (Å²) in [6.07, 6.45) is 5.52. The molecular formula is C30H33ClF2N8O3. The van der Waals surface area contributed by atoms with Crippen LogP contribution >= 0.6 is 11.6 Å². The standard InChI is InChI=1S/C30H33ClF2N8O3/c1-2-43-29(42)36-23-15-40(10-5-21(23)32)27-20-13-34-25(18-11-17(31)12-22-19(18)14-35-39-22)24(33)26(20)37-28(38-27)44-16-30-6-3-8-41(30)9-4-7-30/h11-14,21,23H,2-10,15-16H2,1H3,(H,35,39)(H,36,42). The Morgan fingerprint density at radius 1 is 1.18 bits per heavy atom. The molecule has 1 amide bonds. The molecule has 7 rings (SSSR count). The number of ether oxygens (including phenoxy) is 2. The molecule has 6 heterocycles. The normalized spacial score (nSPS) is 21.6. The number of aromatic amines is 1. The Labute approximate surface area is 257 Å². The van der Waals surface area contributed by atoms with Crippen molar-refractivity contribution in [2.24, 2.45) is 0 Å². The zero-order chi connectivity index (χ0) is 30.4. The molecule has 0 spiro atoms. The van der Waals surface area contributed by atoms with Gasteiger partial charge in [-0.2, -0.15) is 15.1 Å². The van der Waals surface area contributed by atoms with E-state index in [-0.39, 0.29) is 42.3 Å². The van der Waals surface area contributed by atoms with Gasteiger partial charge in [0.05, 0.1) is 35.3 Å². The monoisotopic (exact) mass is 626 g/mol. The molecule has 3 aliphatic rings. The summed E-state index contributed by atoms with van der Waals surface area (Å²) >= 11 is 6.36. The quantitative estimate of drug-likeness (QED) is 0.291. The number of halogens is 3. The van der Waals surface area contributed by atoms with Crippen LogP contribution in [0.5, 0.6) is 6.01 Å². The summed E-state index contributed by atoms with van der Waals surface area (Å²) in [5, 5.41) is 11.0. The first-order valence-corrected chi connectivity index (χ1v) is 15.4. The highest BCUT2D eigenvalue weighted by Gasteiger charge is 2.45. The number of anilines is 1. The number of piperidine rings is 1. The van der Waals surface area contributed by atoms with Crippen LogP contribution in [-0.2, 0) is 4.74 Å². The van der Waals surface area contributed by atoms with E-state index in [4.69, 9.17) is 26.1 Å². The van der Waals surface area contributed by atoms with E-state index in [2.05, 4.69) is 30.4 Å². The number of amides is 1. The lowest BCUT2D eigenvalue weighted by atomic mass is 9.95. The van der Waals surface area contributed by atoms with Crippen molar-refractivity contribution in [2.45, 2.75) is 56.8 Å². The average Bonchev–Trinajstić information content (AvgIpc) is 3.73. The fourth-order valence-electron chi connectivity index (χ4n) is 6.96. The van der Waals surface area contributed by atoms with Gasteiger partial charge in [-0.15, -0.1) is 0 Å². The van der Waals surface area contributed by atoms with E-state index >= 15 is 4.39 Å². The molecule has 11 nitrogen and oxygen atoms in total. The zero-order valence-corrected chi connectivity index (χ0v) is 25.0. The van der Waals surface area contributed by atoms with Crippen molar-refractivity contribution in [3.63, 3.8) is 0 Å². The maximum absolute atomic E-state index is 16.6. The van der Waals surface area contributed by atoms with Gasteiger partial charge in [0.2, 0.25) is 0 Å². The van der Waals surface area contributed by atoms with E-state index < -0.39 is 24.1 Å². The predicted molar refractivity (Wildman–Crippen MR) is 161 cm³/mol. The molecule has 3 aliphatic heterocycles. The van der Waals surface area contributed by atoms with Crippen LogP contribution in [0.25, 0.3) is 33.1 Å². The molecule has 232 valence electrons. The van der Waals surface area contributed by atoms with Crippen molar-refractivity contribution >= 4 is 45.3 Å². The van der Waals surface area contributed by atoms with Crippen LogP contribution in [0.3, 0.4) is 0 Å². The molecule has 4 aromatic rings. The molecule has 14 heteroatoms. The molecular weight excluding hydrogens is 594 g/mol.